The van der Waals surface area contributed by atoms with Gasteiger partial charge in [-0.25, -0.2) is 9.97 Å². The third-order valence-corrected chi connectivity index (χ3v) is 3.16. The maximum absolute atomic E-state index is 4.43. The molecule has 0 atom stereocenters. The summed E-state index contributed by atoms with van der Waals surface area (Å²) in [4.78, 5) is 11.0. The van der Waals surface area contributed by atoms with Crippen molar-refractivity contribution >= 4 is 5.82 Å². The first kappa shape index (κ1) is 11.3. The van der Waals surface area contributed by atoms with Crippen LogP contribution in [0.5, 0.6) is 0 Å². The highest BCUT2D eigenvalue weighted by Crippen LogP contribution is 2.25. The second kappa shape index (κ2) is 5.25. The molecule has 1 aliphatic rings. The molecular formula is C12H20N4. The molecule has 1 aromatic heterocycles. The van der Waals surface area contributed by atoms with Crippen LogP contribution in [0, 0.1) is 0 Å². The smallest absolute Gasteiger partial charge is 0.135 e. The van der Waals surface area contributed by atoms with Crippen molar-refractivity contribution in [2.24, 2.45) is 0 Å². The van der Waals surface area contributed by atoms with Crippen molar-refractivity contribution in [3.8, 4) is 0 Å². The Hall–Kier alpha value is -1.16. The molecule has 0 fully saturated rings. The summed E-state index contributed by atoms with van der Waals surface area (Å²) in [7, 11) is 4.08. The molecule has 0 unspecified atom stereocenters. The first-order chi connectivity index (χ1) is 7.83. The van der Waals surface area contributed by atoms with Gasteiger partial charge in [0.25, 0.3) is 0 Å². The SMILES string of the molecule is CNCCN(C)c1ncnc2c1CCCC2. The summed E-state index contributed by atoms with van der Waals surface area (Å²) in [6, 6.07) is 0. The zero-order valence-corrected chi connectivity index (χ0v) is 10.2. The summed E-state index contributed by atoms with van der Waals surface area (Å²) in [5, 5.41) is 3.16. The van der Waals surface area contributed by atoms with Crippen molar-refractivity contribution in [1.82, 2.24) is 15.3 Å². The first-order valence-electron chi connectivity index (χ1n) is 6.01. The van der Waals surface area contributed by atoms with Gasteiger partial charge in [-0.1, -0.05) is 0 Å². The van der Waals surface area contributed by atoms with Crippen molar-refractivity contribution in [2.45, 2.75) is 25.7 Å². The maximum atomic E-state index is 4.43. The molecule has 0 aromatic carbocycles. The molecule has 0 saturated heterocycles. The number of likely N-dealkylation sites (N-methyl/N-ethyl adjacent to an activating group) is 2. The minimum Gasteiger partial charge on any atom is -0.358 e. The van der Waals surface area contributed by atoms with Crippen molar-refractivity contribution in [1.29, 1.82) is 0 Å². The third kappa shape index (κ3) is 2.32. The van der Waals surface area contributed by atoms with E-state index in [-0.39, 0.29) is 0 Å². The monoisotopic (exact) mass is 220 g/mol. The van der Waals surface area contributed by atoms with E-state index in [0.29, 0.717) is 0 Å². The Morgan fingerprint density at radius 1 is 1.31 bits per heavy atom. The van der Waals surface area contributed by atoms with Gasteiger partial charge in [-0.15, -0.1) is 0 Å². The van der Waals surface area contributed by atoms with E-state index >= 15 is 0 Å². The topological polar surface area (TPSA) is 41.0 Å². The first-order valence-corrected chi connectivity index (χ1v) is 6.01. The molecule has 0 spiro atoms. The predicted octanol–water partition coefficient (Wildman–Crippen LogP) is 1.01. The van der Waals surface area contributed by atoms with Gasteiger partial charge in [-0.3, -0.25) is 0 Å². The van der Waals surface area contributed by atoms with Crippen molar-refractivity contribution < 1.29 is 0 Å². The number of aryl methyl sites for hydroxylation is 1. The van der Waals surface area contributed by atoms with Crippen molar-refractivity contribution in [3.63, 3.8) is 0 Å². The largest absolute Gasteiger partial charge is 0.358 e. The highest BCUT2D eigenvalue weighted by Gasteiger charge is 2.17. The molecule has 1 heterocycles. The Labute approximate surface area is 97.1 Å². The summed E-state index contributed by atoms with van der Waals surface area (Å²) in [6.45, 7) is 1.97. The van der Waals surface area contributed by atoms with E-state index in [9.17, 15) is 0 Å². The number of hydrogen-bond acceptors (Lipinski definition) is 4. The van der Waals surface area contributed by atoms with Gasteiger partial charge in [-0.05, 0) is 32.7 Å². The normalized spacial score (nSPS) is 14.6. The number of hydrogen-bond donors (Lipinski definition) is 1. The Morgan fingerprint density at radius 2 is 2.12 bits per heavy atom. The predicted molar refractivity (Wildman–Crippen MR) is 65.9 cm³/mol. The van der Waals surface area contributed by atoms with E-state index in [0.717, 1.165) is 31.7 Å². The van der Waals surface area contributed by atoms with Crippen LogP contribution in [0.2, 0.25) is 0 Å². The highest BCUT2D eigenvalue weighted by atomic mass is 15.2. The lowest BCUT2D eigenvalue weighted by Gasteiger charge is -2.24. The molecule has 0 amide bonds. The van der Waals surface area contributed by atoms with Crippen LogP contribution < -0.4 is 10.2 Å². The minimum absolute atomic E-state index is 0.981. The minimum atomic E-state index is 0.981. The summed E-state index contributed by atoms with van der Waals surface area (Å²) in [6.07, 6.45) is 6.49. The molecule has 1 N–H and O–H groups in total. The van der Waals surface area contributed by atoms with Crippen molar-refractivity contribution in [3.05, 3.63) is 17.6 Å². The average Bonchev–Trinajstić information content (AvgIpc) is 2.35. The lowest BCUT2D eigenvalue weighted by molar-refractivity contribution is 0.656. The molecule has 0 radical (unpaired) electrons. The van der Waals surface area contributed by atoms with Crippen molar-refractivity contribution in [2.75, 3.05) is 32.1 Å². The van der Waals surface area contributed by atoms with E-state index in [2.05, 4.69) is 27.2 Å². The maximum Gasteiger partial charge on any atom is 0.135 e. The molecule has 0 aliphatic heterocycles. The van der Waals surface area contributed by atoms with Crippen LogP contribution in [0.3, 0.4) is 0 Å². The van der Waals surface area contributed by atoms with E-state index < -0.39 is 0 Å². The Bertz CT molecular complexity index is 351. The number of rotatable bonds is 4. The van der Waals surface area contributed by atoms with Gasteiger partial charge >= 0.3 is 0 Å². The fraction of sp³-hybridized carbons (Fsp3) is 0.667. The molecule has 0 saturated carbocycles. The molecule has 88 valence electrons. The van der Waals surface area contributed by atoms with Gasteiger partial charge < -0.3 is 10.2 Å². The Morgan fingerprint density at radius 3 is 2.94 bits per heavy atom. The van der Waals surface area contributed by atoms with Gasteiger partial charge in [-0.2, -0.15) is 0 Å². The summed E-state index contributed by atoms with van der Waals surface area (Å²) in [5.41, 5.74) is 2.62. The van der Waals surface area contributed by atoms with Gasteiger partial charge in [0.05, 0.1) is 0 Å². The van der Waals surface area contributed by atoms with Crippen LogP contribution in [0.15, 0.2) is 6.33 Å². The molecular weight excluding hydrogens is 200 g/mol. The van der Waals surface area contributed by atoms with Gasteiger partial charge in [0.1, 0.15) is 12.1 Å². The van der Waals surface area contributed by atoms with Gasteiger partial charge in [0.2, 0.25) is 0 Å². The van der Waals surface area contributed by atoms with Crippen LogP contribution in [0.25, 0.3) is 0 Å². The number of aromatic nitrogens is 2. The second-order valence-corrected chi connectivity index (χ2v) is 4.35. The second-order valence-electron chi connectivity index (χ2n) is 4.35. The zero-order valence-electron chi connectivity index (χ0n) is 10.2. The molecule has 0 bridgehead atoms. The van der Waals surface area contributed by atoms with Crippen LogP contribution >= 0.6 is 0 Å². The number of anilines is 1. The lowest BCUT2D eigenvalue weighted by Crippen LogP contribution is -2.29. The van der Waals surface area contributed by atoms with Gasteiger partial charge in [0, 0.05) is 31.4 Å². The molecule has 1 aliphatic carbocycles. The molecule has 4 heteroatoms. The van der Waals surface area contributed by atoms with Crippen LogP contribution in [0.1, 0.15) is 24.1 Å². The average molecular weight is 220 g/mol. The van der Waals surface area contributed by atoms with Crippen LogP contribution in [0.4, 0.5) is 5.82 Å². The van der Waals surface area contributed by atoms with Crippen LogP contribution in [-0.2, 0) is 12.8 Å². The molecule has 4 nitrogen and oxygen atoms in total. The highest BCUT2D eigenvalue weighted by molar-refractivity contribution is 5.48. The molecule has 2 rings (SSSR count). The number of nitrogens with zero attached hydrogens (tertiary/aromatic N) is 3. The molecule has 1 aromatic rings. The standard InChI is InChI=1S/C12H20N4/c1-13-7-8-16(2)12-10-5-3-4-6-11(10)14-9-15-12/h9,13H,3-8H2,1-2H3. The molecule has 16 heavy (non-hydrogen) atoms. The van der Waals surface area contributed by atoms with Gasteiger partial charge in [0.15, 0.2) is 0 Å². The number of fused-ring (bicyclic) bond motifs is 1. The zero-order chi connectivity index (χ0) is 11.4. The number of nitrogens with one attached hydrogen (secondary N) is 1. The van der Waals surface area contributed by atoms with E-state index in [1.54, 1.807) is 6.33 Å². The summed E-state index contributed by atoms with van der Waals surface area (Å²) >= 11 is 0. The quantitative estimate of drug-likeness (QED) is 0.822. The third-order valence-electron chi connectivity index (χ3n) is 3.16. The fourth-order valence-corrected chi connectivity index (χ4v) is 2.22. The summed E-state index contributed by atoms with van der Waals surface area (Å²) < 4.78 is 0. The Kier molecular flexibility index (Phi) is 3.72. The fourth-order valence-electron chi connectivity index (χ4n) is 2.22. The van der Waals surface area contributed by atoms with E-state index in [4.69, 9.17) is 0 Å². The van der Waals surface area contributed by atoms with Crippen LogP contribution in [-0.4, -0.2) is 37.2 Å². The van der Waals surface area contributed by atoms with E-state index in [1.165, 1.54) is 24.1 Å². The lowest BCUT2D eigenvalue weighted by atomic mass is 9.96. The summed E-state index contributed by atoms with van der Waals surface area (Å²) in [5.74, 6) is 1.12. The van der Waals surface area contributed by atoms with E-state index in [1.807, 2.05) is 7.05 Å². The Balaban J connectivity index is 2.19.